The van der Waals surface area contributed by atoms with Crippen LogP contribution in [0, 0.1) is 6.92 Å². The van der Waals surface area contributed by atoms with Crippen molar-refractivity contribution < 1.29 is 66.0 Å². The van der Waals surface area contributed by atoms with Crippen LogP contribution >= 0.6 is 62.1 Å². The van der Waals surface area contributed by atoms with Gasteiger partial charge in [-0.25, -0.2) is 24.7 Å². The van der Waals surface area contributed by atoms with E-state index in [0.717, 1.165) is 36.5 Å². The zero-order valence-electron chi connectivity index (χ0n) is 52.8. The van der Waals surface area contributed by atoms with Crippen molar-refractivity contribution in [1.82, 2.24) is 19.9 Å². The van der Waals surface area contributed by atoms with Crippen molar-refractivity contribution in [3.8, 4) is 0 Å². The molecule has 0 saturated carbocycles. The van der Waals surface area contributed by atoms with Gasteiger partial charge in [0.2, 0.25) is 5.79 Å². The van der Waals surface area contributed by atoms with Crippen LogP contribution in [0.1, 0.15) is 93.9 Å². The molecule has 0 amide bonds. The SMILES string of the molecule is CC1(C)O[C@@H]2[C@@H](CO[Si](c3ccccc3)(c3ccccc3)C(C)(C)C)OC(=O)[C@@H]2O1.CSc1ncnc2c(Br)scc12.CSc1ncnc2c(C3(O)O[C@H](CO[Si](c4ccccc4)(c4ccccc4)C(C)(C)C)[C@H]4OC(C)(C)O[C@H]43)scc12.[CH2-]CCC.[Li+]. The van der Waals surface area contributed by atoms with Crippen LogP contribution in [0.2, 0.25) is 10.1 Å². The average Bonchev–Trinajstić information content (AvgIpc) is 1.46. The smallest absolute Gasteiger partial charge is 0.455 e. The number of thiophene rings is 2. The number of carbonyl (C=O) groups excluding carboxylic acids is 1. The van der Waals surface area contributed by atoms with Crippen LogP contribution in [0.25, 0.3) is 21.8 Å². The molecule has 4 fully saturated rings. The second-order valence-electron chi connectivity index (χ2n) is 24.5. The van der Waals surface area contributed by atoms with Gasteiger partial charge in [0, 0.05) is 21.5 Å². The van der Waals surface area contributed by atoms with E-state index in [1.54, 1.807) is 41.2 Å². The number of hydrogen-bond donors (Lipinski definition) is 1. The van der Waals surface area contributed by atoms with Gasteiger partial charge in [0.1, 0.15) is 47.1 Å². The van der Waals surface area contributed by atoms with Gasteiger partial charge in [-0.15, -0.1) is 46.2 Å². The Bertz CT molecular complexity index is 3490. The summed E-state index contributed by atoms with van der Waals surface area (Å²) >= 11 is 9.69. The van der Waals surface area contributed by atoms with Crippen molar-refractivity contribution in [2.45, 2.75) is 163 Å². The maximum atomic E-state index is 12.3. The molecule has 4 aliphatic rings. The van der Waals surface area contributed by atoms with Crippen molar-refractivity contribution in [1.29, 1.82) is 0 Å². The molecule has 464 valence electrons. The molecule has 4 aromatic carbocycles. The van der Waals surface area contributed by atoms with Gasteiger partial charge in [-0.1, -0.05) is 176 Å². The van der Waals surface area contributed by atoms with E-state index in [9.17, 15) is 9.90 Å². The van der Waals surface area contributed by atoms with Crippen molar-refractivity contribution in [2.24, 2.45) is 0 Å². The molecule has 4 aromatic heterocycles. The number of nitrogens with zero attached hydrogens (tertiary/aromatic N) is 4. The number of aliphatic hydroxyl groups is 1. The number of thioether (sulfide) groups is 2. The van der Waals surface area contributed by atoms with E-state index in [0.29, 0.717) is 10.4 Å². The second kappa shape index (κ2) is 29.1. The molecule has 0 spiro atoms. The van der Waals surface area contributed by atoms with Crippen LogP contribution in [-0.4, -0.2) is 122 Å². The van der Waals surface area contributed by atoms with E-state index >= 15 is 0 Å². The Morgan fingerprint density at radius 2 is 1.02 bits per heavy atom. The summed E-state index contributed by atoms with van der Waals surface area (Å²) in [6.07, 6.45) is 5.91. The van der Waals surface area contributed by atoms with Crippen molar-refractivity contribution in [3.05, 3.63) is 160 Å². The number of aromatic nitrogens is 4. The summed E-state index contributed by atoms with van der Waals surface area (Å²) < 4.78 is 51.8. The summed E-state index contributed by atoms with van der Waals surface area (Å²) in [5.74, 6) is -3.82. The van der Waals surface area contributed by atoms with Gasteiger partial charge < -0.3 is 49.3 Å². The Balaban J connectivity index is 0.000000185. The van der Waals surface area contributed by atoms with Crippen LogP contribution in [0.5, 0.6) is 0 Å². The van der Waals surface area contributed by atoms with Crippen LogP contribution in [0.3, 0.4) is 0 Å². The molecule has 4 saturated heterocycles. The predicted molar refractivity (Wildman–Crippen MR) is 360 cm³/mol. The van der Waals surface area contributed by atoms with Gasteiger partial charge in [0.15, 0.2) is 23.8 Å². The van der Waals surface area contributed by atoms with Gasteiger partial charge in [0.25, 0.3) is 16.6 Å². The molecular weight excluding hydrogens is 1280 g/mol. The predicted octanol–water partition coefficient (Wildman–Crippen LogP) is 9.86. The maximum absolute atomic E-state index is 12.3. The first-order chi connectivity index (χ1) is 41.4. The van der Waals surface area contributed by atoms with Crippen molar-refractivity contribution >= 4 is 127 Å². The van der Waals surface area contributed by atoms with Crippen LogP contribution in [0.15, 0.2) is 159 Å². The van der Waals surface area contributed by atoms with Gasteiger partial charge in [-0.2, -0.15) is 6.42 Å². The minimum atomic E-state index is -2.84. The molecule has 0 bridgehead atoms. The third kappa shape index (κ3) is 14.4. The Kier molecular flexibility index (Phi) is 23.2. The number of hydrogen-bond acceptors (Lipinski definition) is 18. The molecule has 88 heavy (non-hydrogen) atoms. The largest absolute Gasteiger partial charge is 1.00 e. The fraction of sp³-hybridized carbons (Fsp3) is 0.424. The molecule has 22 heteroatoms. The third-order valence-electron chi connectivity index (χ3n) is 15.7. The van der Waals surface area contributed by atoms with Gasteiger partial charge in [-0.05, 0) is 87.0 Å². The summed E-state index contributed by atoms with van der Waals surface area (Å²) in [7, 11) is -5.55. The van der Waals surface area contributed by atoms with Gasteiger partial charge in [-0.3, -0.25) is 0 Å². The molecule has 8 heterocycles. The quantitative estimate of drug-likeness (QED) is 0.0360. The molecular formula is C66H80BrLiN4O10S4Si2. The fourth-order valence-corrected chi connectivity index (χ4v) is 24.6. The molecule has 12 rings (SSSR count). The number of carbonyl (C=O) groups is 1. The van der Waals surface area contributed by atoms with E-state index in [2.05, 4.69) is 194 Å². The van der Waals surface area contributed by atoms with Crippen molar-refractivity contribution in [3.63, 3.8) is 0 Å². The molecule has 4 aliphatic heterocycles. The Hall–Kier alpha value is -3.68. The number of esters is 1. The van der Waals surface area contributed by atoms with Gasteiger partial charge in [0.05, 0.1) is 32.9 Å². The summed E-state index contributed by atoms with van der Waals surface area (Å²) in [4.78, 5) is 30.2. The molecule has 14 nitrogen and oxygen atoms in total. The summed E-state index contributed by atoms with van der Waals surface area (Å²) in [5, 5.41) is 24.6. The van der Waals surface area contributed by atoms with Crippen molar-refractivity contribution in [2.75, 3.05) is 25.7 Å². The maximum Gasteiger partial charge on any atom is 1.00 e. The third-order valence-corrected chi connectivity index (χ3v) is 29.9. The van der Waals surface area contributed by atoms with Crippen LogP contribution < -0.4 is 39.6 Å². The second-order valence-corrected chi connectivity index (χ2v) is 37.8. The Labute approximate surface area is 557 Å². The minimum absolute atomic E-state index is 0. The Morgan fingerprint density at radius 3 is 1.47 bits per heavy atom. The first kappa shape index (κ1) is 70.2. The number of unbranched alkanes of at least 4 members (excludes halogenated alkanes) is 1. The summed E-state index contributed by atoms with van der Waals surface area (Å²) in [6, 6.07) is 41.8. The van der Waals surface area contributed by atoms with E-state index < -0.39 is 70.6 Å². The standard InChI is InChI=1S/C31H36N2O5S2Si.C24H30O5Si.C7H5BrN2S2.C4H9.Li/c1-29(2,3)41(20-13-9-7-10-14-20,21-15-11-8-12-16-21)35-17-23-25-26(38-30(4,5)37-25)31(34,36-23)27-24-22(18-40-27)28(39-6)33-19-32-24;1-23(2,3)30(17-12-8-6-9-13-17,18-14-10-7-11-15-18)26-16-19-20-21(22(25)27-19)29-24(4,5)28-20;1-11-7-4-2-12-6(8)5(4)9-3-10-7;1-3-4-2;/h7-16,18-19,23,25-26,34H,17H2,1-6H3;6-15,19-21H,16H2,1-5H3;2-3H,1H3;1,3-4H2,2H3;/q;;;-1;+1/t23-,25-,26-,31?;19-,20-,21-;;;/m11.../s1. The number of fused-ring (bicyclic) bond motifs is 4. The number of cyclic esters (lactones) is 1. The zero-order valence-corrected chi connectivity index (χ0v) is 59.6. The molecule has 1 unspecified atom stereocenters. The number of benzene rings is 4. The first-order valence-electron chi connectivity index (χ1n) is 29.2. The summed E-state index contributed by atoms with van der Waals surface area (Å²) in [6.45, 7) is 27.0. The van der Waals surface area contributed by atoms with Crippen LogP contribution in [-0.2, 0) is 47.9 Å². The van der Waals surface area contributed by atoms with E-state index in [1.165, 1.54) is 44.8 Å². The molecule has 7 atom stereocenters. The number of rotatable bonds is 14. The molecule has 0 radical (unpaired) electrons. The topological polar surface area (TPSA) is 163 Å². The fourth-order valence-electron chi connectivity index (χ4n) is 11.9. The minimum Gasteiger partial charge on any atom is -0.455 e. The van der Waals surface area contributed by atoms with Gasteiger partial charge >= 0.3 is 24.8 Å². The normalized spacial score (nSPS) is 22.7. The number of halogens is 1. The Morgan fingerprint density at radius 1 is 0.614 bits per heavy atom. The molecule has 8 aromatic rings. The van der Waals surface area contributed by atoms with E-state index in [-0.39, 0.29) is 48.1 Å². The monoisotopic (exact) mass is 1360 g/mol. The van der Waals surface area contributed by atoms with E-state index in [1.807, 2.05) is 69.9 Å². The zero-order chi connectivity index (χ0) is 62.6. The summed E-state index contributed by atoms with van der Waals surface area (Å²) in [5.41, 5.74) is 1.68. The first-order valence-corrected chi connectivity index (χ1v) is 38.0. The van der Waals surface area contributed by atoms with E-state index in [4.69, 9.17) is 37.3 Å². The average molecular weight is 1360 g/mol. The van der Waals surface area contributed by atoms with Crippen LogP contribution in [0.4, 0.5) is 0 Å². The number of ether oxygens (including phenoxy) is 6. The molecule has 0 aliphatic carbocycles. The molecule has 1 N–H and O–H groups in total.